The molecule has 0 amide bonds. The van der Waals surface area contributed by atoms with Gasteiger partial charge in [-0.05, 0) is 25.0 Å². The smallest absolute Gasteiger partial charge is 0.220 e. The van der Waals surface area contributed by atoms with E-state index in [0.717, 1.165) is 22.3 Å². The molecule has 0 N–H and O–H groups in total. The number of aromatic nitrogens is 2. The summed E-state index contributed by atoms with van der Waals surface area (Å²) in [4.78, 5) is 12.4. The van der Waals surface area contributed by atoms with Gasteiger partial charge >= 0.3 is 0 Å². The Labute approximate surface area is 141 Å². The Morgan fingerprint density at radius 3 is 2.50 bits per heavy atom. The van der Waals surface area contributed by atoms with Gasteiger partial charge in [-0.15, -0.1) is 10.2 Å². The second-order valence-electron chi connectivity index (χ2n) is 5.99. The molecule has 0 aliphatic carbocycles. The number of carbonyl (C=O) groups is 1. The normalized spacial score (nSPS) is 10.8. The van der Waals surface area contributed by atoms with Gasteiger partial charge in [0.25, 0.3) is 0 Å². The molecule has 1 aromatic heterocycles. The maximum Gasteiger partial charge on any atom is 0.220 e. The minimum atomic E-state index is 0.107. The maximum atomic E-state index is 12.4. The van der Waals surface area contributed by atoms with Gasteiger partial charge < -0.3 is 4.42 Å². The molecule has 0 saturated heterocycles. The summed E-state index contributed by atoms with van der Waals surface area (Å²) in [7, 11) is 0. The van der Waals surface area contributed by atoms with Crippen LogP contribution in [0.3, 0.4) is 0 Å². The van der Waals surface area contributed by atoms with E-state index in [1.54, 1.807) is 0 Å². The summed E-state index contributed by atoms with van der Waals surface area (Å²) in [6.07, 6.45) is 1.45. The molecule has 0 atom stereocenters. The average Bonchev–Trinajstić information content (AvgIpc) is 3.01. The van der Waals surface area contributed by atoms with Crippen molar-refractivity contribution in [3.8, 4) is 0 Å². The predicted octanol–water partition coefficient (Wildman–Crippen LogP) is 4.09. The molecule has 0 bridgehead atoms. The standard InChI is InChI=1S/C20H20N2O2/c1-14-8-9-17(15(2)12-14)18(23)10-11-19-21-22-20(24-19)13-16-6-4-3-5-7-16/h3-9,12H,10-11,13H2,1-2H3. The number of nitrogens with zero attached hydrogens (tertiary/aromatic N) is 2. The van der Waals surface area contributed by atoms with Crippen LogP contribution in [-0.4, -0.2) is 16.0 Å². The van der Waals surface area contributed by atoms with Crippen LogP contribution >= 0.6 is 0 Å². The number of hydrogen-bond donors (Lipinski definition) is 0. The van der Waals surface area contributed by atoms with E-state index in [0.29, 0.717) is 31.0 Å². The second kappa shape index (κ2) is 7.21. The quantitative estimate of drug-likeness (QED) is 0.642. The molecule has 0 saturated carbocycles. The number of benzene rings is 2. The molecule has 2 aromatic carbocycles. The summed E-state index contributed by atoms with van der Waals surface area (Å²) in [6.45, 7) is 3.98. The number of hydrogen-bond acceptors (Lipinski definition) is 4. The lowest BCUT2D eigenvalue weighted by molar-refractivity contribution is 0.0979. The van der Waals surface area contributed by atoms with E-state index in [4.69, 9.17) is 4.42 Å². The summed E-state index contributed by atoms with van der Waals surface area (Å²) in [5, 5.41) is 8.11. The Hall–Kier alpha value is -2.75. The van der Waals surface area contributed by atoms with Crippen molar-refractivity contribution >= 4 is 5.78 Å². The average molecular weight is 320 g/mol. The summed E-state index contributed by atoms with van der Waals surface area (Å²) >= 11 is 0. The zero-order chi connectivity index (χ0) is 16.9. The monoisotopic (exact) mass is 320 g/mol. The van der Waals surface area contributed by atoms with E-state index in [-0.39, 0.29) is 5.78 Å². The molecule has 0 fully saturated rings. The van der Waals surface area contributed by atoms with Crippen LogP contribution in [0, 0.1) is 13.8 Å². The van der Waals surface area contributed by atoms with Gasteiger partial charge in [-0.3, -0.25) is 4.79 Å². The maximum absolute atomic E-state index is 12.4. The Morgan fingerprint density at radius 1 is 1.00 bits per heavy atom. The second-order valence-corrected chi connectivity index (χ2v) is 5.99. The lowest BCUT2D eigenvalue weighted by Gasteiger charge is -2.05. The molecule has 3 aromatic rings. The number of Topliss-reactive ketones (excluding diaryl/α,β-unsaturated/α-hetero) is 1. The van der Waals surface area contributed by atoms with Crippen LogP contribution in [0.15, 0.2) is 52.9 Å². The third-order valence-electron chi connectivity index (χ3n) is 3.96. The fourth-order valence-electron chi connectivity index (χ4n) is 2.71. The van der Waals surface area contributed by atoms with Crippen LogP contribution < -0.4 is 0 Å². The molecule has 0 aliphatic rings. The van der Waals surface area contributed by atoms with Crippen molar-refractivity contribution in [2.75, 3.05) is 0 Å². The van der Waals surface area contributed by atoms with Crippen molar-refractivity contribution in [1.82, 2.24) is 10.2 Å². The first-order chi connectivity index (χ1) is 11.6. The predicted molar refractivity (Wildman–Crippen MR) is 92.1 cm³/mol. The Morgan fingerprint density at radius 2 is 1.75 bits per heavy atom. The molecule has 122 valence electrons. The van der Waals surface area contributed by atoms with Crippen LogP contribution in [0.1, 0.15) is 45.3 Å². The van der Waals surface area contributed by atoms with Gasteiger partial charge in [0.2, 0.25) is 11.8 Å². The third-order valence-corrected chi connectivity index (χ3v) is 3.96. The Kier molecular flexibility index (Phi) is 4.85. The lowest BCUT2D eigenvalue weighted by atomic mass is 10.00. The molecule has 24 heavy (non-hydrogen) atoms. The summed E-state index contributed by atoms with van der Waals surface area (Å²) < 4.78 is 5.65. The van der Waals surface area contributed by atoms with E-state index < -0.39 is 0 Å². The van der Waals surface area contributed by atoms with Crippen molar-refractivity contribution in [1.29, 1.82) is 0 Å². The van der Waals surface area contributed by atoms with Crippen LogP contribution in [0.25, 0.3) is 0 Å². The first kappa shape index (κ1) is 16.1. The van der Waals surface area contributed by atoms with Crippen LogP contribution in [-0.2, 0) is 12.8 Å². The SMILES string of the molecule is Cc1ccc(C(=O)CCc2nnc(Cc3ccccc3)o2)c(C)c1. The van der Waals surface area contributed by atoms with Crippen molar-refractivity contribution in [2.24, 2.45) is 0 Å². The molecule has 1 heterocycles. The van der Waals surface area contributed by atoms with Gasteiger partial charge in [0.15, 0.2) is 5.78 Å². The van der Waals surface area contributed by atoms with E-state index in [9.17, 15) is 4.79 Å². The molecule has 0 aliphatic heterocycles. The van der Waals surface area contributed by atoms with Crippen molar-refractivity contribution in [2.45, 2.75) is 33.1 Å². The summed E-state index contributed by atoms with van der Waals surface area (Å²) in [6, 6.07) is 15.9. The van der Waals surface area contributed by atoms with Crippen LogP contribution in [0.5, 0.6) is 0 Å². The summed E-state index contributed by atoms with van der Waals surface area (Å²) in [5.74, 6) is 1.20. The molecule has 3 rings (SSSR count). The molecule has 0 radical (unpaired) electrons. The zero-order valence-corrected chi connectivity index (χ0v) is 14.0. The van der Waals surface area contributed by atoms with E-state index in [2.05, 4.69) is 10.2 Å². The van der Waals surface area contributed by atoms with E-state index >= 15 is 0 Å². The fraction of sp³-hybridized carbons (Fsp3) is 0.250. The Bertz CT molecular complexity index is 838. The molecule has 0 spiro atoms. The highest BCUT2D eigenvalue weighted by Gasteiger charge is 2.12. The highest BCUT2D eigenvalue weighted by Crippen LogP contribution is 2.15. The third kappa shape index (κ3) is 3.96. The van der Waals surface area contributed by atoms with Gasteiger partial charge in [-0.1, -0.05) is 54.1 Å². The molecule has 4 nitrogen and oxygen atoms in total. The minimum absolute atomic E-state index is 0.107. The summed E-state index contributed by atoms with van der Waals surface area (Å²) in [5.41, 5.74) is 4.06. The minimum Gasteiger partial charge on any atom is -0.425 e. The lowest BCUT2D eigenvalue weighted by Crippen LogP contribution is -2.04. The van der Waals surface area contributed by atoms with Gasteiger partial charge in [0.05, 0.1) is 6.42 Å². The highest BCUT2D eigenvalue weighted by molar-refractivity contribution is 5.97. The fourth-order valence-corrected chi connectivity index (χ4v) is 2.71. The largest absolute Gasteiger partial charge is 0.425 e. The van der Waals surface area contributed by atoms with Gasteiger partial charge in [-0.2, -0.15) is 0 Å². The molecular weight excluding hydrogens is 300 g/mol. The molecular formula is C20H20N2O2. The van der Waals surface area contributed by atoms with Crippen LogP contribution in [0.2, 0.25) is 0 Å². The van der Waals surface area contributed by atoms with Gasteiger partial charge in [0, 0.05) is 18.4 Å². The Balaban J connectivity index is 1.60. The topological polar surface area (TPSA) is 56.0 Å². The first-order valence-electron chi connectivity index (χ1n) is 8.07. The molecule has 4 heteroatoms. The van der Waals surface area contributed by atoms with E-state index in [1.807, 2.05) is 62.4 Å². The van der Waals surface area contributed by atoms with Crippen molar-refractivity contribution in [3.63, 3.8) is 0 Å². The van der Waals surface area contributed by atoms with Crippen molar-refractivity contribution < 1.29 is 9.21 Å². The number of rotatable bonds is 6. The highest BCUT2D eigenvalue weighted by atomic mass is 16.4. The van der Waals surface area contributed by atoms with E-state index in [1.165, 1.54) is 0 Å². The first-order valence-corrected chi connectivity index (χ1v) is 8.07. The molecule has 0 unspecified atom stereocenters. The number of carbonyl (C=O) groups excluding carboxylic acids is 1. The number of ketones is 1. The zero-order valence-electron chi connectivity index (χ0n) is 14.0. The van der Waals surface area contributed by atoms with Crippen LogP contribution in [0.4, 0.5) is 0 Å². The van der Waals surface area contributed by atoms with Crippen molar-refractivity contribution in [3.05, 3.63) is 82.6 Å². The number of aryl methyl sites for hydroxylation is 3. The van der Waals surface area contributed by atoms with Gasteiger partial charge in [0.1, 0.15) is 0 Å². The van der Waals surface area contributed by atoms with Gasteiger partial charge in [-0.25, -0.2) is 0 Å².